The van der Waals surface area contributed by atoms with E-state index in [1.54, 1.807) is 0 Å². The van der Waals surface area contributed by atoms with Crippen molar-refractivity contribution in [3.05, 3.63) is 11.6 Å². The Balaban J connectivity index is 3.72. The number of nitrogens with two attached hydrogens (primary N) is 1. The van der Waals surface area contributed by atoms with Gasteiger partial charge in [0.2, 0.25) is 0 Å². The Morgan fingerprint density at radius 1 is 0.966 bits per heavy atom. The van der Waals surface area contributed by atoms with Gasteiger partial charge in [-0.05, 0) is 64.7 Å². The number of carbonyl (C=O) groups excluding carboxylic acids is 1. The lowest BCUT2D eigenvalue weighted by molar-refractivity contribution is -0.148. The number of unbranched alkanes of at least 4 members (excludes halogenated alkanes) is 9. The summed E-state index contributed by atoms with van der Waals surface area (Å²) in [5.41, 5.74) is 7.59. The van der Waals surface area contributed by atoms with Gasteiger partial charge in [0.15, 0.2) is 0 Å². The standard InChI is InChI=1S/C26H51NO2/c1-7-8-9-10-13-16-19-24(4)29-25(28)20-17-14-11-12-15-18-22(2)26(5,6)21-23(3)27/h18,23-24H,7-17,19-21,27H2,1-6H3/b22-18-. The Morgan fingerprint density at radius 2 is 1.55 bits per heavy atom. The predicted molar refractivity (Wildman–Crippen MR) is 127 cm³/mol. The topological polar surface area (TPSA) is 52.3 Å². The second-order valence-corrected chi connectivity index (χ2v) is 9.76. The number of allylic oxidation sites excluding steroid dienone is 2. The van der Waals surface area contributed by atoms with Gasteiger partial charge in [0.1, 0.15) is 0 Å². The summed E-state index contributed by atoms with van der Waals surface area (Å²) in [6.45, 7) is 13.1. The largest absolute Gasteiger partial charge is 0.463 e. The molecule has 0 saturated heterocycles. The molecule has 0 aliphatic carbocycles. The molecule has 2 N–H and O–H groups in total. The zero-order chi connectivity index (χ0) is 22.1. The summed E-state index contributed by atoms with van der Waals surface area (Å²) in [6, 6.07) is 0.238. The lowest BCUT2D eigenvalue weighted by Gasteiger charge is -2.28. The maximum absolute atomic E-state index is 12.0. The molecule has 0 saturated carbocycles. The molecule has 0 fully saturated rings. The van der Waals surface area contributed by atoms with E-state index in [-0.39, 0.29) is 23.5 Å². The van der Waals surface area contributed by atoms with Gasteiger partial charge >= 0.3 is 5.97 Å². The van der Waals surface area contributed by atoms with Crippen LogP contribution in [0.2, 0.25) is 0 Å². The van der Waals surface area contributed by atoms with Gasteiger partial charge < -0.3 is 10.5 Å². The maximum Gasteiger partial charge on any atom is 0.306 e. The fourth-order valence-electron chi connectivity index (χ4n) is 3.88. The summed E-state index contributed by atoms with van der Waals surface area (Å²) >= 11 is 0. The van der Waals surface area contributed by atoms with Crippen LogP contribution in [0.25, 0.3) is 0 Å². The van der Waals surface area contributed by atoms with Crippen LogP contribution >= 0.6 is 0 Å². The molecule has 0 rings (SSSR count). The molecule has 0 spiro atoms. The number of hydrogen-bond acceptors (Lipinski definition) is 3. The van der Waals surface area contributed by atoms with Gasteiger partial charge in [0, 0.05) is 12.5 Å². The quantitative estimate of drug-likeness (QED) is 0.143. The molecule has 0 radical (unpaired) electrons. The van der Waals surface area contributed by atoms with Gasteiger partial charge in [-0.3, -0.25) is 4.79 Å². The molecular weight excluding hydrogens is 358 g/mol. The lowest BCUT2D eigenvalue weighted by atomic mass is 9.79. The number of esters is 1. The van der Waals surface area contributed by atoms with Gasteiger partial charge in [0.25, 0.3) is 0 Å². The van der Waals surface area contributed by atoms with Gasteiger partial charge in [-0.2, -0.15) is 0 Å². The SMILES string of the molecule is CCCCCCCCC(C)OC(=O)CCCCCC/C=C(/C)C(C)(C)CC(C)N. The Morgan fingerprint density at radius 3 is 2.21 bits per heavy atom. The first kappa shape index (κ1) is 28.2. The van der Waals surface area contributed by atoms with Crippen molar-refractivity contribution >= 4 is 5.97 Å². The molecule has 3 nitrogen and oxygen atoms in total. The van der Waals surface area contributed by atoms with Crippen molar-refractivity contribution in [1.82, 2.24) is 0 Å². The van der Waals surface area contributed by atoms with Crippen LogP contribution in [0.15, 0.2) is 11.6 Å². The van der Waals surface area contributed by atoms with E-state index < -0.39 is 0 Å². The van der Waals surface area contributed by atoms with Crippen LogP contribution in [0.4, 0.5) is 0 Å². The van der Waals surface area contributed by atoms with E-state index in [1.807, 2.05) is 6.92 Å². The van der Waals surface area contributed by atoms with E-state index in [4.69, 9.17) is 10.5 Å². The first-order valence-electron chi connectivity index (χ1n) is 12.3. The zero-order valence-corrected chi connectivity index (χ0v) is 20.5. The van der Waals surface area contributed by atoms with Crippen molar-refractivity contribution in [3.8, 4) is 0 Å². The van der Waals surface area contributed by atoms with Crippen molar-refractivity contribution in [2.45, 2.75) is 144 Å². The molecule has 0 heterocycles. The van der Waals surface area contributed by atoms with Crippen molar-refractivity contribution in [2.24, 2.45) is 11.1 Å². The van der Waals surface area contributed by atoms with E-state index in [0.29, 0.717) is 6.42 Å². The molecule has 2 unspecified atom stereocenters. The van der Waals surface area contributed by atoms with Gasteiger partial charge in [0.05, 0.1) is 6.10 Å². The first-order chi connectivity index (χ1) is 13.7. The van der Waals surface area contributed by atoms with Crippen molar-refractivity contribution in [3.63, 3.8) is 0 Å². The molecule has 0 bridgehead atoms. The number of carbonyl (C=O) groups is 1. The van der Waals surface area contributed by atoms with Gasteiger partial charge in [-0.1, -0.05) is 77.4 Å². The molecule has 0 amide bonds. The van der Waals surface area contributed by atoms with Gasteiger partial charge in [-0.25, -0.2) is 0 Å². The second kappa shape index (κ2) is 16.9. The highest BCUT2D eigenvalue weighted by atomic mass is 16.5. The summed E-state index contributed by atoms with van der Waals surface area (Å²) in [4.78, 5) is 12.0. The summed E-state index contributed by atoms with van der Waals surface area (Å²) in [6.07, 6.45) is 18.3. The van der Waals surface area contributed by atoms with Crippen LogP contribution in [0.5, 0.6) is 0 Å². The maximum atomic E-state index is 12.0. The molecule has 0 aliphatic heterocycles. The predicted octanol–water partition coefficient (Wildman–Crippen LogP) is 7.72. The van der Waals surface area contributed by atoms with E-state index in [0.717, 1.165) is 32.1 Å². The molecule has 0 aliphatic rings. The summed E-state index contributed by atoms with van der Waals surface area (Å²) in [5, 5.41) is 0. The molecule has 29 heavy (non-hydrogen) atoms. The van der Waals surface area contributed by atoms with Crippen molar-refractivity contribution < 1.29 is 9.53 Å². The van der Waals surface area contributed by atoms with Crippen LogP contribution in [0, 0.1) is 5.41 Å². The van der Waals surface area contributed by atoms with Crippen LogP contribution in [0.1, 0.15) is 131 Å². The van der Waals surface area contributed by atoms with Gasteiger partial charge in [-0.15, -0.1) is 0 Å². The van der Waals surface area contributed by atoms with Crippen molar-refractivity contribution in [1.29, 1.82) is 0 Å². The fraction of sp³-hybridized carbons (Fsp3) is 0.885. The second-order valence-electron chi connectivity index (χ2n) is 9.76. The summed E-state index contributed by atoms with van der Waals surface area (Å²) < 4.78 is 5.55. The van der Waals surface area contributed by atoms with Crippen LogP contribution in [-0.2, 0) is 9.53 Å². The lowest BCUT2D eigenvalue weighted by Crippen LogP contribution is -2.25. The average molecular weight is 410 g/mol. The third kappa shape index (κ3) is 16.6. The number of rotatable bonds is 18. The molecule has 2 atom stereocenters. The fourth-order valence-corrected chi connectivity index (χ4v) is 3.88. The van der Waals surface area contributed by atoms with E-state index in [1.165, 1.54) is 56.9 Å². The Kier molecular flexibility index (Phi) is 16.4. The normalized spacial score (nSPS) is 14.7. The van der Waals surface area contributed by atoms with Crippen LogP contribution < -0.4 is 5.73 Å². The molecule has 3 heteroatoms. The third-order valence-electron chi connectivity index (χ3n) is 5.98. The minimum atomic E-state index is -0.0168. The zero-order valence-electron chi connectivity index (χ0n) is 20.5. The highest BCUT2D eigenvalue weighted by Crippen LogP contribution is 2.31. The van der Waals surface area contributed by atoms with Crippen LogP contribution in [-0.4, -0.2) is 18.1 Å². The monoisotopic (exact) mass is 409 g/mol. The highest BCUT2D eigenvalue weighted by Gasteiger charge is 2.21. The minimum absolute atomic E-state index is 0.0168. The molecule has 0 aromatic rings. The molecule has 172 valence electrons. The number of hydrogen-bond donors (Lipinski definition) is 1. The molecule has 0 aromatic heterocycles. The Labute approximate surface area is 182 Å². The minimum Gasteiger partial charge on any atom is -0.463 e. The molecule has 0 aromatic carbocycles. The van der Waals surface area contributed by atoms with Crippen molar-refractivity contribution in [2.75, 3.05) is 0 Å². The van der Waals surface area contributed by atoms with E-state index >= 15 is 0 Å². The van der Waals surface area contributed by atoms with Crippen LogP contribution in [0.3, 0.4) is 0 Å². The van der Waals surface area contributed by atoms with E-state index in [9.17, 15) is 4.79 Å². The smallest absolute Gasteiger partial charge is 0.306 e. The molecular formula is C26H51NO2. The third-order valence-corrected chi connectivity index (χ3v) is 5.98. The average Bonchev–Trinajstić information content (AvgIpc) is 2.62. The Hall–Kier alpha value is -0.830. The summed E-state index contributed by atoms with van der Waals surface area (Å²) in [5.74, 6) is -0.0168. The first-order valence-corrected chi connectivity index (χ1v) is 12.3. The number of ether oxygens (including phenoxy) is 1. The Bertz CT molecular complexity index is 440. The van der Waals surface area contributed by atoms with E-state index in [2.05, 4.69) is 40.7 Å². The highest BCUT2D eigenvalue weighted by molar-refractivity contribution is 5.69. The summed E-state index contributed by atoms with van der Waals surface area (Å²) in [7, 11) is 0.